The van der Waals surface area contributed by atoms with Gasteiger partial charge < -0.3 is 18.7 Å². The van der Waals surface area contributed by atoms with Crippen molar-refractivity contribution in [3.8, 4) is 0 Å². The fourth-order valence-corrected chi connectivity index (χ4v) is 10.6. The third-order valence-corrected chi connectivity index (χ3v) is 17.2. The Labute approximate surface area is 216 Å². The smallest absolute Gasteiger partial charge is 0.261 e. The molecule has 2 rings (SSSR count). The molecule has 1 N–H and O–H groups in total. The minimum atomic E-state index is -2.66. The normalized spacial score (nSPS) is 16.1. The highest BCUT2D eigenvalue weighted by Gasteiger charge is 2.51. The summed E-state index contributed by atoms with van der Waals surface area (Å²) >= 11 is 0. The number of methoxy groups -OCH3 is 1. The molecule has 0 unspecified atom stereocenters. The maximum absolute atomic E-state index is 10.3. The van der Waals surface area contributed by atoms with Gasteiger partial charge in [0.1, 0.15) is 0 Å². The van der Waals surface area contributed by atoms with Crippen LogP contribution in [-0.2, 0) is 13.6 Å². The number of hydrogen-bond donors (Lipinski definition) is 1. The van der Waals surface area contributed by atoms with E-state index in [-0.39, 0.29) is 35.0 Å². The second kappa shape index (κ2) is 11.8. The molecule has 2 aromatic carbocycles. The van der Waals surface area contributed by atoms with Crippen LogP contribution in [0.4, 0.5) is 0 Å². The van der Waals surface area contributed by atoms with E-state index >= 15 is 0 Å². The van der Waals surface area contributed by atoms with Gasteiger partial charge in [-0.25, -0.2) is 0 Å². The lowest BCUT2D eigenvalue weighted by atomic mass is 10.1. The number of benzene rings is 2. The van der Waals surface area contributed by atoms with Crippen LogP contribution in [0, 0.1) is 0 Å². The Hall–Kier alpha value is -1.29. The molecule has 0 aliphatic heterocycles. The minimum Gasteiger partial charge on any atom is -0.409 e. The van der Waals surface area contributed by atoms with E-state index in [0.717, 1.165) is 0 Å². The van der Waals surface area contributed by atoms with Gasteiger partial charge in [-0.15, -0.1) is 0 Å². The SMILES string of the molecule is CO[C@@H](C[C@@H](C)O[Si](c1ccccc1)(c1ccccc1)C(C)(C)C)[C@H](CO)O[Si](C)(C)C(C)(C)C. The van der Waals surface area contributed by atoms with Crippen molar-refractivity contribution in [3.05, 3.63) is 60.7 Å². The van der Waals surface area contributed by atoms with E-state index in [0.29, 0.717) is 6.42 Å². The van der Waals surface area contributed by atoms with Gasteiger partial charge in [0.2, 0.25) is 0 Å². The van der Waals surface area contributed by atoms with Crippen LogP contribution in [0.25, 0.3) is 0 Å². The molecule has 0 heterocycles. The van der Waals surface area contributed by atoms with Gasteiger partial charge >= 0.3 is 0 Å². The molecule has 0 fully saturated rings. The second-order valence-electron chi connectivity index (χ2n) is 12.2. The first-order valence-electron chi connectivity index (χ1n) is 12.8. The summed E-state index contributed by atoms with van der Waals surface area (Å²) in [4.78, 5) is 0. The standard InChI is InChI=1S/C29H48O4Si2/c1-23(21-26(31-8)27(22-30)33-34(9,10)28(2,3)4)32-35(29(5,6)7,24-17-13-11-14-18-24)25-19-15-12-16-20-25/h11-20,23,26-27,30H,21-22H2,1-10H3/t23-,26+,27+/m1/s1. The van der Waals surface area contributed by atoms with E-state index < -0.39 is 16.6 Å². The van der Waals surface area contributed by atoms with Gasteiger partial charge in [-0.05, 0) is 40.5 Å². The summed E-state index contributed by atoms with van der Waals surface area (Å²) in [5.41, 5.74) is 0. The maximum Gasteiger partial charge on any atom is 0.261 e. The Morgan fingerprint density at radius 2 is 1.20 bits per heavy atom. The number of aliphatic hydroxyl groups is 1. The molecule has 0 radical (unpaired) electrons. The van der Waals surface area contributed by atoms with Crippen molar-refractivity contribution in [1.82, 2.24) is 0 Å². The monoisotopic (exact) mass is 516 g/mol. The molecule has 196 valence electrons. The highest BCUT2D eigenvalue weighted by molar-refractivity contribution is 6.99. The minimum absolute atomic E-state index is 0.0513. The van der Waals surface area contributed by atoms with Gasteiger partial charge in [-0.3, -0.25) is 0 Å². The number of aliphatic hydroxyl groups excluding tert-OH is 1. The Bertz CT molecular complexity index is 849. The van der Waals surface area contributed by atoms with Crippen LogP contribution in [0.2, 0.25) is 23.2 Å². The van der Waals surface area contributed by atoms with Gasteiger partial charge in [0, 0.05) is 19.6 Å². The summed E-state index contributed by atoms with van der Waals surface area (Å²) in [6, 6.07) is 21.4. The molecule has 0 aliphatic carbocycles. The van der Waals surface area contributed by atoms with E-state index in [2.05, 4.69) is 122 Å². The molecular weight excluding hydrogens is 468 g/mol. The molecule has 0 aliphatic rings. The first-order chi connectivity index (χ1) is 16.2. The molecule has 0 bridgehead atoms. The first-order valence-corrected chi connectivity index (χ1v) is 17.6. The first kappa shape index (κ1) is 29.9. The van der Waals surface area contributed by atoms with Crippen LogP contribution in [0.5, 0.6) is 0 Å². The molecule has 0 saturated carbocycles. The van der Waals surface area contributed by atoms with Gasteiger partial charge in [0.15, 0.2) is 8.32 Å². The number of hydrogen-bond acceptors (Lipinski definition) is 4. The van der Waals surface area contributed by atoms with E-state index in [9.17, 15) is 5.11 Å². The largest absolute Gasteiger partial charge is 0.409 e. The van der Waals surface area contributed by atoms with E-state index in [1.165, 1.54) is 10.4 Å². The zero-order chi connectivity index (χ0) is 26.5. The molecule has 0 spiro atoms. The predicted molar refractivity (Wildman–Crippen MR) is 153 cm³/mol. The molecule has 2 aromatic rings. The lowest BCUT2D eigenvalue weighted by molar-refractivity contribution is -0.0477. The Balaban J connectivity index is 2.42. The van der Waals surface area contributed by atoms with Crippen LogP contribution >= 0.6 is 0 Å². The van der Waals surface area contributed by atoms with E-state index in [1.807, 2.05) is 0 Å². The average molecular weight is 517 g/mol. The maximum atomic E-state index is 10.3. The van der Waals surface area contributed by atoms with Gasteiger partial charge in [0.25, 0.3) is 8.32 Å². The van der Waals surface area contributed by atoms with Crippen molar-refractivity contribution in [3.63, 3.8) is 0 Å². The average Bonchev–Trinajstić information content (AvgIpc) is 2.79. The molecule has 0 saturated heterocycles. The Morgan fingerprint density at radius 3 is 1.54 bits per heavy atom. The quantitative estimate of drug-likeness (QED) is 0.387. The van der Waals surface area contributed by atoms with Crippen LogP contribution < -0.4 is 10.4 Å². The molecule has 0 aromatic heterocycles. The topological polar surface area (TPSA) is 47.9 Å². The Morgan fingerprint density at radius 1 is 0.743 bits per heavy atom. The third-order valence-electron chi connectivity index (χ3n) is 7.51. The van der Waals surface area contributed by atoms with Crippen LogP contribution in [-0.4, -0.2) is 53.8 Å². The van der Waals surface area contributed by atoms with Crippen LogP contribution in [0.1, 0.15) is 54.9 Å². The molecule has 4 nitrogen and oxygen atoms in total. The fourth-order valence-electron chi connectivity index (χ4n) is 4.55. The van der Waals surface area contributed by atoms with Crippen molar-refractivity contribution >= 4 is 27.0 Å². The zero-order valence-electron chi connectivity index (χ0n) is 23.6. The predicted octanol–water partition coefficient (Wildman–Crippen LogP) is 5.74. The molecule has 6 heteroatoms. The van der Waals surface area contributed by atoms with Crippen molar-refractivity contribution in [2.45, 2.75) is 96.4 Å². The highest BCUT2D eigenvalue weighted by Crippen LogP contribution is 2.39. The van der Waals surface area contributed by atoms with E-state index in [1.54, 1.807) is 7.11 Å². The molecule has 35 heavy (non-hydrogen) atoms. The third kappa shape index (κ3) is 6.93. The molecular formula is C29H48O4Si2. The van der Waals surface area contributed by atoms with Gasteiger partial charge in [-0.1, -0.05) is 102 Å². The fraction of sp³-hybridized carbons (Fsp3) is 0.586. The summed E-state index contributed by atoms with van der Waals surface area (Å²) in [6.45, 7) is 20.0. The van der Waals surface area contributed by atoms with Gasteiger partial charge in [-0.2, -0.15) is 0 Å². The van der Waals surface area contributed by atoms with E-state index in [4.69, 9.17) is 13.6 Å². The summed E-state index contributed by atoms with van der Waals surface area (Å²) in [5.74, 6) is 0. The lowest BCUT2D eigenvalue weighted by Crippen LogP contribution is -2.67. The Kier molecular flexibility index (Phi) is 10.1. The lowest BCUT2D eigenvalue weighted by Gasteiger charge is -2.45. The van der Waals surface area contributed by atoms with Crippen LogP contribution in [0.3, 0.4) is 0 Å². The van der Waals surface area contributed by atoms with Crippen molar-refractivity contribution < 1.29 is 18.7 Å². The number of ether oxygens (including phenoxy) is 1. The summed E-state index contributed by atoms with van der Waals surface area (Å²) in [7, 11) is -3.03. The summed E-state index contributed by atoms with van der Waals surface area (Å²) in [5, 5.41) is 12.7. The van der Waals surface area contributed by atoms with Crippen LogP contribution in [0.15, 0.2) is 60.7 Å². The second-order valence-corrected chi connectivity index (χ2v) is 21.2. The number of rotatable bonds is 11. The molecule has 0 amide bonds. The van der Waals surface area contributed by atoms with Crippen molar-refractivity contribution in [2.24, 2.45) is 0 Å². The summed E-state index contributed by atoms with van der Waals surface area (Å²) < 4.78 is 19.7. The van der Waals surface area contributed by atoms with Crippen molar-refractivity contribution in [2.75, 3.05) is 13.7 Å². The molecule has 3 atom stereocenters. The zero-order valence-corrected chi connectivity index (χ0v) is 25.6. The highest BCUT2D eigenvalue weighted by atomic mass is 28.4. The summed E-state index contributed by atoms with van der Waals surface area (Å²) in [6.07, 6.45) is -0.0994. The van der Waals surface area contributed by atoms with Gasteiger partial charge in [0.05, 0.1) is 18.8 Å². The van der Waals surface area contributed by atoms with Crippen molar-refractivity contribution in [1.29, 1.82) is 0 Å².